The molecular weight excluding hydrogens is 426 g/mol. The van der Waals surface area contributed by atoms with Crippen LogP contribution in [0.4, 0.5) is 10.5 Å². The summed E-state index contributed by atoms with van der Waals surface area (Å²) >= 11 is 6.48. The Morgan fingerprint density at radius 2 is 1.81 bits per heavy atom. The largest absolute Gasteiger partial charge is 0.444 e. The van der Waals surface area contributed by atoms with Crippen LogP contribution >= 0.6 is 11.6 Å². The van der Waals surface area contributed by atoms with Gasteiger partial charge in [-0.25, -0.2) is 4.79 Å². The van der Waals surface area contributed by atoms with Gasteiger partial charge in [0.25, 0.3) is 0 Å². The van der Waals surface area contributed by atoms with E-state index in [1.807, 2.05) is 75.7 Å². The molecule has 1 aliphatic rings. The minimum Gasteiger partial charge on any atom is -0.444 e. The number of amides is 1. The summed E-state index contributed by atoms with van der Waals surface area (Å²) in [5.41, 5.74) is 3.89. The SMILES string of the molecule is CN(C)c1c(Cl)ccc2c(=O)c3ccc(C4=CCN(C(=O)OC(C)(C)C)C4)cc3n(C)c12. The maximum Gasteiger partial charge on any atom is 0.410 e. The summed E-state index contributed by atoms with van der Waals surface area (Å²) in [5.74, 6) is 0. The number of carbonyl (C=O) groups is 1. The third-order valence-electron chi connectivity index (χ3n) is 5.67. The molecule has 32 heavy (non-hydrogen) atoms. The predicted octanol–water partition coefficient (Wildman–Crippen LogP) is 5.05. The van der Waals surface area contributed by atoms with Crippen molar-refractivity contribution in [3.8, 4) is 0 Å². The van der Waals surface area contributed by atoms with Crippen molar-refractivity contribution >= 4 is 50.8 Å². The summed E-state index contributed by atoms with van der Waals surface area (Å²) in [6.45, 7) is 6.54. The number of aryl methyl sites for hydroxylation is 1. The smallest absolute Gasteiger partial charge is 0.410 e. The van der Waals surface area contributed by atoms with Crippen LogP contribution in [-0.4, -0.2) is 48.3 Å². The predicted molar refractivity (Wildman–Crippen MR) is 132 cm³/mol. The van der Waals surface area contributed by atoms with Gasteiger partial charge in [0.15, 0.2) is 5.43 Å². The van der Waals surface area contributed by atoms with E-state index in [2.05, 4.69) is 0 Å². The van der Waals surface area contributed by atoms with Crippen molar-refractivity contribution in [2.75, 3.05) is 32.1 Å². The van der Waals surface area contributed by atoms with Gasteiger partial charge in [-0.3, -0.25) is 4.79 Å². The van der Waals surface area contributed by atoms with E-state index in [4.69, 9.17) is 16.3 Å². The first kappa shape index (κ1) is 22.2. The zero-order valence-electron chi connectivity index (χ0n) is 19.3. The summed E-state index contributed by atoms with van der Waals surface area (Å²) in [7, 11) is 5.79. The maximum atomic E-state index is 13.3. The van der Waals surface area contributed by atoms with Gasteiger partial charge in [-0.05, 0) is 56.2 Å². The summed E-state index contributed by atoms with van der Waals surface area (Å²) < 4.78 is 7.52. The summed E-state index contributed by atoms with van der Waals surface area (Å²) in [5, 5.41) is 1.88. The number of fused-ring (bicyclic) bond motifs is 2. The highest BCUT2D eigenvalue weighted by Gasteiger charge is 2.26. The Morgan fingerprint density at radius 3 is 2.47 bits per heavy atom. The minimum absolute atomic E-state index is 0.0183. The van der Waals surface area contributed by atoms with E-state index in [-0.39, 0.29) is 11.5 Å². The number of pyridine rings is 1. The number of carbonyl (C=O) groups excluding carboxylic acids is 1. The molecule has 4 rings (SSSR count). The van der Waals surface area contributed by atoms with Gasteiger partial charge in [-0.1, -0.05) is 23.7 Å². The molecule has 0 atom stereocenters. The number of ether oxygens (including phenoxy) is 1. The Labute approximate surface area is 192 Å². The lowest BCUT2D eigenvalue weighted by Gasteiger charge is -2.24. The van der Waals surface area contributed by atoms with Crippen molar-refractivity contribution in [3.63, 3.8) is 0 Å². The lowest BCUT2D eigenvalue weighted by atomic mass is 10.0. The molecule has 0 unspecified atom stereocenters. The number of aromatic nitrogens is 1. The topological polar surface area (TPSA) is 54.8 Å². The number of benzene rings is 2. The molecule has 1 aliphatic heterocycles. The van der Waals surface area contributed by atoms with Crippen molar-refractivity contribution in [3.05, 3.63) is 57.2 Å². The van der Waals surface area contributed by atoms with Gasteiger partial charge in [0, 0.05) is 45.0 Å². The molecule has 0 saturated carbocycles. The molecule has 1 amide bonds. The van der Waals surface area contributed by atoms with Crippen LogP contribution in [0.1, 0.15) is 26.3 Å². The third kappa shape index (κ3) is 3.84. The minimum atomic E-state index is -0.534. The average Bonchev–Trinajstić information content (AvgIpc) is 3.20. The van der Waals surface area contributed by atoms with Gasteiger partial charge in [0.2, 0.25) is 0 Å². The number of halogens is 1. The highest BCUT2D eigenvalue weighted by molar-refractivity contribution is 6.35. The van der Waals surface area contributed by atoms with Crippen LogP contribution in [0, 0.1) is 0 Å². The van der Waals surface area contributed by atoms with Crippen LogP contribution in [0.15, 0.2) is 41.2 Å². The highest BCUT2D eigenvalue weighted by Crippen LogP contribution is 2.34. The first-order valence-electron chi connectivity index (χ1n) is 10.6. The van der Waals surface area contributed by atoms with Crippen LogP contribution in [0.5, 0.6) is 0 Å². The molecule has 1 aromatic heterocycles. The van der Waals surface area contributed by atoms with Crippen LogP contribution in [-0.2, 0) is 11.8 Å². The molecule has 7 heteroatoms. The van der Waals surface area contributed by atoms with Crippen LogP contribution in [0.3, 0.4) is 0 Å². The molecule has 0 spiro atoms. The van der Waals surface area contributed by atoms with E-state index in [1.165, 1.54) is 0 Å². The fourth-order valence-corrected chi connectivity index (χ4v) is 4.52. The first-order chi connectivity index (χ1) is 15.0. The Hall–Kier alpha value is -2.99. The fourth-order valence-electron chi connectivity index (χ4n) is 4.20. The molecule has 0 radical (unpaired) electrons. The average molecular weight is 454 g/mol. The van der Waals surface area contributed by atoms with E-state index in [0.717, 1.165) is 27.9 Å². The molecule has 0 saturated heterocycles. The Bertz CT molecular complexity index is 1330. The highest BCUT2D eigenvalue weighted by atomic mass is 35.5. The molecule has 0 fully saturated rings. The second kappa shape index (κ2) is 7.85. The molecule has 2 aromatic carbocycles. The quantitative estimate of drug-likeness (QED) is 0.510. The van der Waals surface area contributed by atoms with E-state index >= 15 is 0 Å². The van der Waals surface area contributed by atoms with Crippen LogP contribution in [0.25, 0.3) is 27.4 Å². The van der Waals surface area contributed by atoms with Crippen molar-refractivity contribution in [2.24, 2.45) is 7.05 Å². The van der Waals surface area contributed by atoms with Crippen molar-refractivity contribution in [2.45, 2.75) is 26.4 Å². The molecule has 0 N–H and O–H groups in total. The Balaban J connectivity index is 1.79. The number of hydrogen-bond acceptors (Lipinski definition) is 4. The zero-order chi connectivity index (χ0) is 23.4. The molecule has 0 aliphatic carbocycles. The normalized spacial score (nSPS) is 14.2. The molecule has 0 bridgehead atoms. The lowest BCUT2D eigenvalue weighted by molar-refractivity contribution is 0.0306. The summed E-state index contributed by atoms with van der Waals surface area (Å²) in [4.78, 5) is 29.3. The molecule has 2 heterocycles. The molecule has 3 aromatic rings. The summed E-state index contributed by atoms with van der Waals surface area (Å²) in [6, 6.07) is 9.39. The third-order valence-corrected chi connectivity index (χ3v) is 5.98. The van der Waals surface area contributed by atoms with E-state index in [1.54, 1.807) is 17.0 Å². The number of hydrogen-bond donors (Lipinski definition) is 0. The fraction of sp³-hybridized carbons (Fsp3) is 0.360. The van der Waals surface area contributed by atoms with Crippen molar-refractivity contribution < 1.29 is 9.53 Å². The van der Waals surface area contributed by atoms with Gasteiger partial charge < -0.3 is 19.1 Å². The monoisotopic (exact) mass is 453 g/mol. The second-order valence-electron chi connectivity index (χ2n) is 9.40. The van der Waals surface area contributed by atoms with E-state index < -0.39 is 5.60 Å². The molecular formula is C25H28ClN3O3. The molecule has 6 nitrogen and oxygen atoms in total. The van der Waals surface area contributed by atoms with Gasteiger partial charge in [-0.15, -0.1) is 0 Å². The van der Waals surface area contributed by atoms with Gasteiger partial charge in [-0.2, -0.15) is 0 Å². The van der Waals surface area contributed by atoms with Gasteiger partial charge in [0.05, 0.1) is 21.7 Å². The number of rotatable bonds is 2. The summed E-state index contributed by atoms with van der Waals surface area (Å²) in [6.07, 6.45) is 1.71. The van der Waals surface area contributed by atoms with Crippen molar-refractivity contribution in [1.29, 1.82) is 0 Å². The standard InChI is InChI=1S/C25H28ClN3O3/c1-25(2,3)32-24(31)29-12-11-16(14-29)15-7-8-17-20(13-15)28(6)21-18(23(17)30)9-10-19(26)22(21)27(4)5/h7-11,13H,12,14H2,1-6H3. The maximum absolute atomic E-state index is 13.3. The Morgan fingerprint density at radius 1 is 1.12 bits per heavy atom. The number of nitrogens with zero attached hydrogens (tertiary/aromatic N) is 3. The van der Waals surface area contributed by atoms with E-state index in [9.17, 15) is 9.59 Å². The van der Waals surface area contributed by atoms with E-state index in [0.29, 0.717) is 28.9 Å². The first-order valence-corrected chi connectivity index (χ1v) is 11.0. The van der Waals surface area contributed by atoms with Crippen LogP contribution < -0.4 is 10.3 Å². The van der Waals surface area contributed by atoms with Gasteiger partial charge in [0.1, 0.15) is 5.60 Å². The molecule has 168 valence electrons. The Kier molecular flexibility index (Phi) is 5.45. The number of anilines is 1. The second-order valence-corrected chi connectivity index (χ2v) is 9.80. The van der Waals surface area contributed by atoms with Crippen LogP contribution in [0.2, 0.25) is 5.02 Å². The zero-order valence-corrected chi connectivity index (χ0v) is 20.1. The van der Waals surface area contributed by atoms with Gasteiger partial charge >= 0.3 is 6.09 Å². The lowest BCUT2D eigenvalue weighted by Crippen LogP contribution is -2.35. The van der Waals surface area contributed by atoms with Crippen molar-refractivity contribution in [1.82, 2.24) is 9.47 Å².